The van der Waals surface area contributed by atoms with E-state index in [-0.39, 0.29) is 4.90 Å². The van der Waals surface area contributed by atoms with Crippen molar-refractivity contribution in [2.45, 2.75) is 77.5 Å². The van der Waals surface area contributed by atoms with Crippen LogP contribution in [0.1, 0.15) is 71.3 Å². The lowest BCUT2D eigenvalue weighted by atomic mass is 9.36. The summed E-state index contributed by atoms with van der Waals surface area (Å²) < 4.78 is 31.2. The Morgan fingerprint density at radius 3 is 2.31 bits per heavy atom. The van der Waals surface area contributed by atoms with Crippen LogP contribution in [0.25, 0.3) is 0 Å². The Morgan fingerprint density at radius 1 is 1.06 bits per heavy atom. The Morgan fingerprint density at radius 2 is 1.75 bits per heavy atom. The molecule has 5 heteroatoms. The zero-order chi connectivity index (χ0) is 23.4. The molecule has 4 nitrogen and oxygen atoms in total. The van der Waals surface area contributed by atoms with Gasteiger partial charge in [0.2, 0.25) is 0 Å². The molecule has 3 fully saturated rings. The van der Waals surface area contributed by atoms with Gasteiger partial charge in [0.25, 0.3) is 0 Å². The lowest BCUT2D eigenvalue weighted by Gasteiger charge is -2.66. The monoisotopic (exact) mass is 458 g/mol. The standard InChI is InChI=1S/C20H31O.C7H8O3S/c1-18(2)9-4-10-19(3)16(18)8-12-20-11-7-15(20)14(13-21)5-6-17(19)20;1-6-2-4-7(5-3-6)11(8,9)10/h7,11,15-17,21H,4-6,8-10,12-13H2,1-3H3;2-5H,1H3,(H,8,9,10)/q+1;/p-1/t15-,16+,17-,19+,20+;/m1./s1. The molecule has 0 bridgehead atoms. The molecule has 4 aliphatic rings. The number of allylic oxidation sites excluding steroid dienone is 2. The van der Waals surface area contributed by atoms with Crippen LogP contribution < -0.4 is 0 Å². The van der Waals surface area contributed by atoms with Crippen molar-refractivity contribution >= 4 is 10.1 Å². The van der Waals surface area contributed by atoms with Gasteiger partial charge in [-0.3, -0.25) is 0 Å². The van der Waals surface area contributed by atoms with Gasteiger partial charge in [0.15, 0.2) is 6.61 Å². The molecule has 1 N–H and O–H groups in total. The first-order chi connectivity index (χ1) is 14.9. The van der Waals surface area contributed by atoms with Crippen molar-refractivity contribution in [3.63, 3.8) is 0 Å². The van der Waals surface area contributed by atoms with Crippen molar-refractivity contribution in [1.29, 1.82) is 0 Å². The van der Waals surface area contributed by atoms with Crippen LogP contribution in [0.15, 0.2) is 41.3 Å². The van der Waals surface area contributed by atoms with Crippen molar-refractivity contribution in [1.82, 2.24) is 0 Å². The van der Waals surface area contributed by atoms with Crippen molar-refractivity contribution in [3.8, 4) is 0 Å². The van der Waals surface area contributed by atoms with E-state index in [1.807, 2.05) is 6.92 Å². The van der Waals surface area contributed by atoms with E-state index in [1.54, 1.807) is 12.1 Å². The third-order valence-electron chi connectivity index (χ3n) is 9.47. The molecule has 0 aromatic heterocycles. The normalized spacial score (nSPS) is 37.2. The van der Waals surface area contributed by atoms with E-state index in [0.717, 1.165) is 17.4 Å². The first-order valence-corrected chi connectivity index (χ1v) is 13.5. The third kappa shape index (κ3) is 3.84. The van der Waals surface area contributed by atoms with Crippen LogP contribution in [0.3, 0.4) is 0 Å². The molecule has 176 valence electrons. The van der Waals surface area contributed by atoms with Crippen molar-refractivity contribution < 1.29 is 18.1 Å². The van der Waals surface area contributed by atoms with Crippen molar-refractivity contribution in [3.05, 3.63) is 47.9 Å². The molecule has 5 atom stereocenters. The lowest BCUT2D eigenvalue weighted by molar-refractivity contribution is -0.149. The maximum absolute atomic E-state index is 10.4. The van der Waals surface area contributed by atoms with E-state index >= 15 is 0 Å². The second kappa shape index (κ2) is 8.18. The van der Waals surface area contributed by atoms with Crippen molar-refractivity contribution in [2.75, 3.05) is 6.61 Å². The second-order valence-electron chi connectivity index (χ2n) is 11.6. The summed E-state index contributed by atoms with van der Waals surface area (Å²) in [4.78, 5) is -0.178. The van der Waals surface area contributed by atoms with Gasteiger partial charge in [0.1, 0.15) is 22.0 Å². The number of hydrogen-bond acceptors (Lipinski definition) is 4. The van der Waals surface area contributed by atoms with Gasteiger partial charge in [-0.25, -0.2) is 8.42 Å². The molecule has 1 aromatic rings. The van der Waals surface area contributed by atoms with E-state index in [4.69, 9.17) is 0 Å². The van der Waals surface area contributed by atoms with Gasteiger partial charge < -0.3 is 9.66 Å². The summed E-state index contributed by atoms with van der Waals surface area (Å²) in [5, 5.41) is 9.71. The highest BCUT2D eigenvalue weighted by molar-refractivity contribution is 7.85. The molecule has 5 rings (SSSR count). The fraction of sp³-hybridized carbons (Fsp3) is 0.667. The number of rotatable bonds is 2. The van der Waals surface area contributed by atoms with E-state index < -0.39 is 10.1 Å². The predicted molar refractivity (Wildman–Crippen MR) is 126 cm³/mol. The Kier molecular flexibility index (Phi) is 6.09. The Labute approximate surface area is 194 Å². The largest absolute Gasteiger partial charge is 0.744 e. The highest BCUT2D eigenvalue weighted by atomic mass is 32.2. The number of aryl methyl sites for hydroxylation is 1. The van der Waals surface area contributed by atoms with Crippen LogP contribution in [0.5, 0.6) is 0 Å². The van der Waals surface area contributed by atoms with Gasteiger partial charge in [0, 0.05) is 5.41 Å². The van der Waals surface area contributed by atoms with Gasteiger partial charge in [-0.2, -0.15) is 0 Å². The maximum atomic E-state index is 10.4. The van der Waals surface area contributed by atoms with E-state index in [2.05, 4.69) is 32.9 Å². The molecule has 0 unspecified atom stereocenters. The minimum atomic E-state index is -4.27. The second-order valence-corrected chi connectivity index (χ2v) is 12.9. The summed E-state index contributed by atoms with van der Waals surface area (Å²) >= 11 is 0. The van der Waals surface area contributed by atoms with Crippen LogP contribution >= 0.6 is 0 Å². The molecular weight excluding hydrogens is 420 g/mol. The summed E-state index contributed by atoms with van der Waals surface area (Å²) in [7, 11) is -4.27. The fourth-order valence-electron chi connectivity index (χ4n) is 7.98. The number of hydrogen-bond donors (Lipinski definition) is 1. The molecule has 0 amide bonds. The zero-order valence-corrected chi connectivity index (χ0v) is 20.7. The van der Waals surface area contributed by atoms with Crippen molar-refractivity contribution in [2.24, 2.45) is 34.0 Å². The molecule has 0 aliphatic heterocycles. The molecule has 0 radical (unpaired) electrons. The van der Waals surface area contributed by atoms with E-state index in [1.165, 1.54) is 63.0 Å². The average molecular weight is 459 g/mol. The summed E-state index contributed by atoms with van der Waals surface area (Å²) in [6.07, 6.45) is 14.5. The predicted octanol–water partition coefficient (Wildman–Crippen LogP) is 5.66. The summed E-state index contributed by atoms with van der Waals surface area (Å²) in [6, 6.07) is 5.78. The number of benzene rings is 1. The third-order valence-corrected chi connectivity index (χ3v) is 10.3. The fourth-order valence-corrected chi connectivity index (χ4v) is 8.45. The number of aliphatic hydroxyl groups excluding tert-OH is 1. The highest BCUT2D eigenvalue weighted by Gasteiger charge is 2.68. The summed E-state index contributed by atoms with van der Waals surface area (Å²) in [6.45, 7) is 9.80. The zero-order valence-electron chi connectivity index (χ0n) is 19.9. The molecule has 32 heavy (non-hydrogen) atoms. The Bertz CT molecular complexity index is 964. The van der Waals surface area contributed by atoms with Gasteiger partial charge in [-0.15, -0.1) is 0 Å². The molecule has 3 saturated carbocycles. The van der Waals surface area contributed by atoms with E-state index in [9.17, 15) is 18.1 Å². The molecule has 1 aromatic carbocycles. The SMILES string of the molecule is CC1(C)CCC[C@]2(C)[C@H]3CC[C+](CO)[C@H]4C=C[C@]43CC[C@@H]12.Cc1ccc(S(=O)(=O)[O-])cc1. The molecule has 0 saturated heterocycles. The quantitative estimate of drug-likeness (QED) is 0.352. The van der Waals surface area contributed by atoms with Gasteiger partial charge >= 0.3 is 0 Å². The molecule has 1 spiro atoms. The first kappa shape index (κ1) is 23.8. The van der Waals surface area contributed by atoms with E-state index in [0.29, 0.717) is 28.8 Å². The highest BCUT2D eigenvalue weighted by Crippen LogP contribution is 2.72. The minimum absolute atomic E-state index is 0.178. The molecule has 4 aliphatic carbocycles. The number of aliphatic hydroxyl groups is 1. The maximum Gasteiger partial charge on any atom is 0.187 e. The van der Waals surface area contributed by atoms with Crippen LogP contribution in [-0.2, 0) is 10.1 Å². The van der Waals surface area contributed by atoms with Gasteiger partial charge in [-0.1, -0.05) is 51.0 Å². The van der Waals surface area contributed by atoms with Crippen LogP contribution in [0.2, 0.25) is 0 Å². The van der Waals surface area contributed by atoms with Gasteiger partial charge in [-0.05, 0) is 79.9 Å². The summed E-state index contributed by atoms with van der Waals surface area (Å²) in [5.41, 5.74) is 2.41. The Balaban J connectivity index is 0.000000189. The van der Waals surface area contributed by atoms with Crippen LogP contribution in [0, 0.1) is 46.8 Å². The topological polar surface area (TPSA) is 77.4 Å². The first-order valence-electron chi connectivity index (χ1n) is 12.1. The van der Waals surface area contributed by atoms with Crippen LogP contribution in [0.4, 0.5) is 0 Å². The Hall–Kier alpha value is -1.30. The van der Waals surface area contributed by atoms with Crippen LogP contribution in [-0.4, -0.2) is 24.7 Å². The smallest absolute Gasteiger partial charge is 0.187 e. The lowest BCUT2D eigenvalue weighted by Crippen LogP contribution is -2.61. The minimum Gasteiger partial charge on any atom is -0.744 e. The summed E-state index contributed by atoms with van der Waals surface area (Å²) in [5.74, 6) is 3.78. The molecular formula is C27H38O4S. The molecule has 0 heterocycles. The average Bonchev–Trinajstić information content (AvgIpc) is 2.69. The number of fused-ring (bicyclic) bond motifs is 2. The van der Waals surface area contributed by atoms with Gasteiger partial charge in [0.05, 0.1) is 11.3 Å².